The maximum absolute atomic E-state index is 11.8. The van der Waals surface area contributed by atoms with Crippen LogP contribution in [0.4, 0.5) is 5.69 Å². The second-order valence-corrected chi connectivity index (χ2v) is 4.56. The summed E-state index contributed by atoms with van der Waals surface area (Å²) in [7, 11) is 0. The zero-order chi connectivity index (χ0) is 15.9. The van der Waals surface area contributed by atoms with Gasteiger partial charge in [0.15, 0.2) is 12.4 Å². The van der Waals surface area contributed by atoms with E-state index in [1.54, 1.807) is 31.3 Å². The average Bonchev–Trinajstić information content (AvgIpc) is 2.54. The molecule has 1 aromatic carbocycles. The van der Waals surface area contributed by atoms with Crippen molar-refractivity contribution in [2.24, 2.45) is 0 Å². The fourth-order valence-corrected chi connectivity index (χ4v) is 1.86. The number of nitrogens with zero attached hydrogens (tertiary/aromatic N) is 2. The van der Waals surface area contributed by atoms with E-state index in [-0.39, 0.29) is 30.0 Å². The molecule has 7 nitrogen and oxygen atoms in total. The van der Waals surface area contributed by atoms with E-state index >= 15 is 0 Å². The van der Waals surface area contributed by atoms with Crippen molar-refractivity contribution in [1.82, 2.24) is 10.3 Å². The Labute approximate surface area is 127 Å². The molecule has 0 aliphatic rings. The van der Waals surface area contributed by atoms with Crippen molar-refractivity contribution < 1.29 is 14.5 Å². The van der Waals surface area contributed by atoms with Crippen molar-refractivity contribution in [1.29, 1.82) is 0 Å². The van der Waals surface area contributed by atoms with Crippen LogP contribution in [0.15, 0.2) is 48.7 Å². The zero-order valence-corrected chi connectivity index (χ0v) is 11.9. The molecular weight excluding hydrogens is 286 g/mol. The first-order valence-electron chi connectivity index (χ1n) is 6.64. The van der Waals surface area contributed by atoms with Crippen molar-refractivity contribution >= 4 is 11.6 Å². The Morgan fingerprint density at radius 2 is 2.05 bits per heavy atom. The summed E-state index contributed by atoms with van der Waals surface area (Å²) in [5.74, 6) is -0.315. The topological polar surface area (TPSA) is 94.4 Å². The molecule has 0 bridgehead atoms. The molecule has 2 rings (SSSR count). The summed E-state index contributed by atoms with van der Waals surface area (Å²) in [6, 6.07) is 11.1. The minimum absolute atomic E-state index is 0.0631. The number of amides is 1. The molecule has 0 radical (unpaired) electrons. The SMILES string of the molecule is CC(NC(=O)COc1ccccc1[N+](=O)[O-])c1ccccn1. The summed E-state index contributed by atoms with van der Waals surface area (Å²) in [6.07, 6.45) is 1.64. The van der Waals surface area contributed by atoms with E-state index in [1.165, 1.54) is 18.2 Å². The molecular formula is C15H15N3O4. The first kappa shape index (κ1) is 15.4. The van der Waals surface area contributed by atoms with Crippen LogP contribution >= 0.6 is 0 Å². The summed E-state index contributed by atoms with van der Waals surface area (Å²) in [5, 5.41) is 13.6. The second kappa shape index (κ2) is 7.16. The van der Waals surface area contributed by atoms with Crippen LogP contribution in [-0.2, 0) is 4.79 Å². The van der Waals surface area contributed by atoms with E-state index in [1.807, 2.05) is 6.07 Å². The molecule has 2 aromatic rings. The monoisotopic (exact) mass is 301 g/mol. The molecule has 0 fully saturated rings. The van der Waals surface area contributed by atoms with Gasteiger partial charge < -0.3 is 10.1 Å². The van der Waals surface area contributed by atoms with Crippen LogP contribution in [-0.4, -0.2) is 22.4 Å². The maximum Gasteiger partial charge on any atom is 0.310 e. The molecule has 114 valence electrons. The van der Waals surface area contributed by atoms with Gasteiger partial charge in [-0.25, -0.2) is 0 Å². The first-order chi connectivity index (χ1) is 10.6. The molecule has 0 saturated heterocycles. The molecule has 1 unspecified atom stereocenters. The Morgan fingerprint density at radius 3 is 2.73 bits per heavy atom. The highest BCUT2D eigenvalue weighted by molar-refractivity contribution is 5.78. The van der Waals surface area contributed by atoms with Gasteiger partial charge in [-0.15, -0.1) is 0 Å². The van der Waals surface area contributed by atoms with Gasteiger partial charge in [0, 0.05) is 12.3 Å². The number of nitro benzene ring substituents is 1. The summed E-state index contributed by atoms with van der Waals surface area (Å²) >= 11 is 0. The Hall–Kier alpha value is -2.96. The normalized spacial score (nSPS) is 11.5. The van der Waals surface area contributed by atoms with Crippen LogP contribution < -0.4 is 10.1 Å². The number of nitrogens with one attached hydrogen (secondary N) is 1. The van der Waals surface area contributed by atoms with Crippen LogP contribution in [0.2, 0.25) is 0 Å². The minimum atomic E-state index is -0.552. The number of carbonyl (C=O) groups is 1. The third-order valence-corrected chi connectivity index (χ3v) is 2.93. The number of ether oxygens (including phenoxy) is 1. The lowest BCUT2D eigenvalue weighted by Gasteiger charge is -2.13. The zero-order valence-electron chi connectivity index (χ0n) is 11.9. The summed E-state index contributed by atoms with van der Waals surface area (Å²) in [5.41, 5.74) is 0.551. The number of carbonyl (C=O) groups excluding carboxylic acids is 1. The smallest absolute Gasteiger partial charge is 0.310 e. The molecule has 1 atom stereocenters. The maximum atomic E-state index is 11.8. The molecule has 7 heteroatoms. The predicted octanol–water partition coefficient (Wildman–Crippen LogP) is 2.25. The van der Waals surface area contributed by atoms with Crippen LogP contribution in [0.5, 0.6) is 5.75 Å². The van der Waals surface area contributed by atoms with Crippen molar-refractivity contribution in [3.8, 4) is 5.75 Å². The van der Waals surface area contributed by atoms with E-state index < -0.39 is 4.92 Å². The molecule has 0 aliphatic carbocycles. The van der Waals surface area contributed by atoms with Crippen molar-refractivity contribution in [3.63, 3.8) is 0 Å². The van der Waals surface area contributed by atoms with Gasteiger partial charge in [-0.1, -0.05) is 18.2 Å². The Morgan fingerprint density at radius 1 is 1.32 bits per heavy atom. The Kier molecular flexibility index (Phi) is 5.02. The lowest BCUT2D eigenvalue weighted by Crippen LogP contribution is -2.31. The van der Waals surface area contributed by atoms with Crippen molar-refractivity contribution in [2.75, 3.05) is 6.61 Å². The molecule has 0 aliphatic heterocycles. The summed E-state index contributed by atoms with van der Waals surface area (Å²) < 4.78 is 5.22. The highest BCUT2D eigenvalue weighted by Gasteiger charge is 2.16. The van der Waals surface area contributed by atoms with E-state index in [2.05, 4.69) is 10.3 Å². The van der Waals surface area contributed by atoms with E-state index in [9.17, 15) is 14.9 Å². The number of benzene rings is 1. The highest BCUT2D eigenvalue weighted by atomic mass is 16.6. The number of nitro groups is 1. The molecule has 1 amide bonds. The number of rotatable bonds is 6. The lowest BCUT2D eigenvalue weighted by molar-refractivity contribution is -0.385. The van der Waals surface area contributed by atoms with Gasteiger partial charge in [0.25, 0.3) is 5.91 Å². The van der Waals surface area contributed by atoms with E-state index in [4.69, 9.17) is 4.74 Å². The van der Waals surface area contributed by atoms with Crippen LogP contribution in [0.1, 0.15) is 18.7 Å². The second-order valence-electron chi connectivity index (χ2n) is 4.56. The van der Waals surface area contributed by atoms with E-state index in [0.717, 1.165) is 5.69 Å². The van der Waals surface area contributed by atoms with Gasteiger partial charge in [0.2, 0.25) is 0 Å². The molecule has 0 saturated carbocycles. The van der Waals surface area contributed by atoms with Crippen molar-refractivity contribution in [3.05, 3.63) is 64.5 Å². The fourth-order valence-electron chi connectivity index (χ4n) is 1.86. The van der Waals surface area contributed by atoms with E-state index in [0.29, 0.717) is 0 Å². The Bertz CT molecular complexity index is 661. The Balaban J connectivity index is 1.92. The molecule has 1 heterocycles. The quantitative estimate of drug-likeness (QED) is 0.652. The predicted molar refractivity (Wildman–Crippen MR) is 79.4 cm³/mol. The average molecular weight is 301 g/mol. The van der Waals surface area contributed by atoms with Gasteiger partial charge in [0.05, 0.1) is 16.7 Å². The summed E-state index contributed by atoms with van der Waals surface area (Å²) in [4.78, 5) is 26.3. The van der Waals surface area contributed by atoms with Crippen molar-refractivity contribution in [2.45, 2.75) is 13.0 Å². The highest BCUT2D eigenvalue weighted by Crippen LogP contribution is 2.25. The number of aromatic nitrogens is 1. The third-order valence-electron chi connectivity index (χ3n) is 2.93. The fraction of sp³-hybridized carbons (Fsp3) is 0.200. The third kappa shape index (κ3) is 4.02. The molecule has 1 aromatic heterocycles. The minimum Gasteiger partial charge on any atom is -0.477 e. The number of pyridine rings is 1. The van der Waals surface area contributed by atoms with Gasteiger partial charge >= 0.3 is 5.69 Å². The summed E-state index contributed by atoms with van der Waals surface area (Å²) in [6.45, 7) is 1.49. The number of hydrogen-bond donors (Lipinski definition) is 1. The standard InChI is InChI=1S/C15H15N3O4/c1-11(12-6-4-5-9-16-12)17-15(19)10-22-14-8-3-2-7-13(14)18(20)21/h2-9,11H,10H2,1H3,(H,17,19). The van der Waals surface area contributed by atoms with Crippen LogP contribution in [0, 0.1) is 10.1 Å². The number of para-hydroxylation sites is 2. The number of hydrogen-bond acceptors (Lipinski definition) is 5. The molecule has 0 spiro atoms. The lowest BCUT2D eigenvalue weighted by atomic mass is 10.2. The molecule has 1 N–H and O–H groups in total. The molecule has 22 heavy (non-hydrogen) atoms. The van der Waals surface area contributed by atoms with Crippen LogP contribution in [0.25, 0.3) is 0 Å². The van der Waals surface area contributed by atoms with Gasteiger partial charge in [-0.2, -0.15) is 0 Å². The van der Waals surface area contributed by atoms with Gasteiger partial charge in [-0.05, 0) is 25.1 Å². The van der Waals surface area contributed by atoms with Gasteiger partial charge in [-0.3, -0.25) is 19.9 Å². The largest absolute Gasteiger partial charge is 0.477 e. The first-order valence-corrected chi connectivity index (χ1v) is 6.64. The van der Waals surface area contributed by atoms with Crippen LogP contribution in [0.3, 0.4) is 0 Å². The van der Waals surface area contributed by atoms with Gasteiger partial charge in [0.1, 0.15) is 0 Å².